The molecule has 0 saturated heterocycles. The van der Waals surface area contributed by atoms with Gasteiger partial charge in [0.05, 0.1) is 5.69 Å². The average Bonchev–Trinajstić information content (AvgIpc) is 2.55. The summed E-state index contributed by atoms with van der Waals surface area (Å²) in [7, 11) is 1.52. The number of nitrogens with one attached hydrogen (secondary N) is 1. The highest BCUT2D eigenvalue weighted by Crippen LogP contribution is 2.40. The number of rotatable bonds is 2. The zero-order valence-corrected chi connectivity index (χ0v) is 13.6. The second kappa shape index (κ2) is 6.10. The van der Waals surface area contributed by atoms with Crippen molar-refractivity contribution < 1.29 is 9.18 Å². The summed E-state index contributed by atoms with van der Waals surface area (Å²) in [6.07, 6.45) is 4.37. The van der Waals surface area contributed by atoms with E-state index >= 15 is 0 Å². The van der Waals surface area contributed by atoms with Gasteiger partial charge in [0.2, 0.25) is 11.9 Å². The number of amides is 1. The molecule has 0 unspecified atom stereocenters. The van der Waals surface area contributed by atoms with Crippen molar-refractivity contribution in [3.8, 4) is 0 Å². The fraction of sp³-hybridized carbons (Fsp3) is 0.438. The van der Waals surface area contributed by atoms with Crippen molar-refractivity contribution in [1.82, 2.24) is 5.32 Å². The van der Waals surface area contributed by atoms with Crippen molar-refractivity contribution in [2.24, 2.45) is 21.5 Å². The molecule has 1 spiro atoms. The lowest BCUT2D eigenvalue weighted by Gasteiger charge is -2.45. The first kappa shape index (κ1) is 16.2. The van der Waals surface area contributed by atoms with Gasteiger partial charge in [0.1, 0.15) is 11.5 Å². The number of aliphatic imine (C=N–C) groups is 2. The Labute approximate surface area is 139 Å². The van der Waals surface area contributed by atoms with E-state index in [9.17, 15) is 9.18 Å². The van der Waals surface area contributed by atoms with Crippen LogP contribution in [0.2, 0.25) is 0 Å². The van der Waals surface area contributed by atoms with Crippen LogP contribution in [0.25, 0.3) is 0 Å². The molecule has 2 aliphatic rings. The van der Waals surface area contributed by atoms with E-state index in [0.29, 0.717) is 18.4 Å². The van der Waals surface area contributed by atoms with Gasteiger partial charge >= 0.3 is 0 Å². The highest BCUT2D eigenvalue weighted by Gasteiger charge is 2.43. The zero-order chi connectivity index (χ0) is 17.3. The van der Waals surface area contributed by atoms with E-state index in [-0.39, 0.29) is 23.5 Å². The van der Waals surface area contributed by atoms with Crippen molar-refractivity contribution in [2.45, 2.75) is 37.8 Å². The number of anilines is 1. The van der Waals surface area contributed by atoms with Gasteiger partial charge in [-0.3, -0.25) is 9.69 Å². The molecule has 3 rings (SSSR count). The Hall–Kier alpha value is -2.64. The van der Waals surface area contributed by atoms with E-state index in [0.717, 1.165) is 19.3 Å². The minimum Gasteiger partial charge on any atom is -0.369 e. The number of guanidine groups is 2. The molecule has 1 saturated carbocycles. The lowest BCUT2D eigenvalue weighted by atomic mass is 9.87. The average molecular weight is 332 g/mol. The van der Waals surface area contributed by atoms with Crippen LogP contribution < -0.4 is 21.7 Å². The summed E-state index contributed by atoms with van der Waals surface area (Å²) in [5.41, 5.74) is 11.7. The van der Waals surface area contributed by atoms with E-state index < -0.39 is 11.5 Å². The second-order valence-electron chi connectivity index (χ2n) is 6.06. The van der Waals surface area contributed by atoms with Gasteiger partial charge in [-0.05, 0) is 43.9 Å². The highest BCUT2D eigenvalue weighted by molar-refractivity contribution is 6.06. The molecule has 1 aliphatic carbocycles. The molecule has 1 aromatic rings. The van der Waals surface area contributed by atoms with Crippen LogP contribution in [0.3, 0.4) is 0 Å². The number of hydrogen-bond donors (Lipinski definition) is 3. The summed E-state index contributed by atoms with van der Waals surface area (Å²) in [4.78, 5) is 22.0. The molecule has 0 atom stereocenters. The summed E-state index contributed by atoms with van der Waals surface area (Å²) in [6.45, 7) is 0. The van der Waals surface area contributed by atoms with E-state index in [4.69, 9.17) is 11.5 Å². The summed E-state index contributed by atoms with van der Waals surface area (Å²) in [5, 5.41) is 2.53. The van der Waals surface area contributed by atoms with Crippen LogP contribution in [0.1, 0.15) is 42.5 Å². The number of carbonyl (C=O) groups excluding carboxylic acids is 1. The molecule has 1 aromatic carbocycles. The Bertz CT molecular complexity index is 723. The maximum absolute atomic E-state index is 14.6. The van der Waals surface area contributed by atoms with Gasteiger partial charge in [-0.15, -0.1) is 0 Å². The molecule has 8 heteroatoms. The molecule has 1 aliphatic heterocycles. The van der Waals surface area contributed by atoms with Crippen LogP contribution in [0.4, 0.5) is 10.1 Å². The number of carbonyl (C=O) groups is 1. The van der Waals surface area contributed by atoms with Crippen molar-refractivity contribution in [3.05, 3.63) is 29.6 Å². The highest BCUT2D eigenvalue weighted by atomic mass is 19.1. The molecule has 1 heterocycles. The molecular formula is C16H21FN6O. The summed E-state index contributed by atoms with van der Waals surface area (Å²) in [6, 6.07) is 4.16. The number of nitrogens with two attached hydrogens (primary N) is 2. The standard InChI is InChI=1S/C16H21FN6O/c1-20-13(24)10-5-6-11(17)12(9-10)23-15(19)21-14(18)22-16(23)7-3-2-4-8-16/h5-6,9H,2-4,7-8H2,1H3,(H,20,24)(H4,18,19,21,22). The SMILES string of the molecule is CNC(=O)c1ccc(F)c(N2C(N)=NC(N)=NC23CCCCC3)c1. The Balaban J connectivity index is 2.12. The fourth-order valence-electron chi connectivity index (χ4n) is 3.44. The maximum Gasteiger partial charge on any atom is 0.251 e. The molecule has 24 heavy (non-hydrogen) atoms. The van der Waals surface area contributed by atoms with Crippen LogP contribution in [0.15, 0.2) is 28.2 Å². The van der Waals surface area contributed by atoms with Crippen LogP contribution in [-0.4, -0.2) is 30.5 Å². The van der Waals surface area contributed by atoms with Crippen molar-refractivity contribution >= 4 is 23.5 Å². The molecule has 5 N–H and O–H groups in total. The lowest BCUT2D eigenvalue weighted by Crippen LogP contribution is -2.58. The van der Waals surface area contributed by atoms with Crippen molar-refractivity contribution in [1.29, 1.82) is 0 Å². The van der Waals surface area contributed by atoms with E-state index in [1.165, 1.54) is 25.2 Å². The summed E-state index contributed by atoms with van der Waals surface area (Å²) >= 11 is 0. The molecule has 1 fully saturated rings. The normalized spacial score (nSPS) is 19.7. The Morgan fingerprint density at radius 2 is 2.00 bits per heavy atom. The summed E-state index contributed by atoms with van der Waals surface area (Å²) in [5.74, 6) is -0.586. The zero-order valence-electron chi connectivity index (χ0n) is 13.6. The maximum atomic E-state index is 14.6. The molecule has 0 bridgehead atoms. The van der Waals surface area contributed by atoms with Crippen LogP contribution in [0.5, 0.6) is 0 Å². The van der Waals surface area contributed by atoms with Crippen molar-refractivity contribution in [2.75, 3.05) is 11.9 Å². The second-order valence-corrected chi connectivity index (χ2v) is 6.06. The van der Waals surface area contributed by atoms with E-state index in [1.807, 2.05) is 0 Å². The van der Waals surface area contributed by atoms with Gasteiger partial charge in [-0.1, -0.05) is 6.42 Å². The topological polar surface area (TPSA) is 109 Å². The first-order valence-corrected chi connectivity index (χ1v) is 7.98. The molecule has 0 aromatic heterocycles. The number of nitrogens with zero attached hydrogens (tertiary/aromatic N) is 3. The quantitative estimate of drug-likeness (QED) is 0.758. The molecular weight excluding hydrogens is 311 g/mol. The molecule has 0 radical (unpaired) electrons. The third kappa shape index (κ3) is 2.68. The van der Waals surface area contributed by atoms with Crippen LogP contribution in [-0.2, 0) is 0 Å². The summed E-state index contributed by atoms with van der Waals surface area (Å²) < 4.78 is 14.6. The molecule has 128 valence electrons. The molecule has 1 amide bonds. The molecule has 7 nitrogen and oxygen atoms in total. The fourth-order valence-corrected chi connectivity index (χ4v) is 3.44. The minimum absolute atomic E-state index is 0.0948. The van der Waals surface area contributed by atoms with Gasteiger partial charge in [-0.25, -0.2) is 9.38 Å². The monoisotopic (exact) mass is 332 g/mol. The van der Waals surface area contributed by atoms with E-state index in [1.54, 1.807) is 4.90 Å². The Morgan fingerprint density at radius 1 is 1.29 bits per heavy atom. The van der Waals surface area contributed by atoms with Crippen molar-refractivity contribution in [3.63, 3.8) is 0 Å². The van der Waals surface area contributed by atoms with Gasteiger partial charge < -0.3 is 16.8 Å². The Kier molecular flexibility index (Phi) is 4.13. The van der Waals surface area contributed by atoms with E-state index in [2.05, 4.69) is 15.3 Å². The largest absolute Gasteiger partial charge is 0.369 e. The number of halogens is 1. The minimum atomic E-state index is -0.740. The smallest absolute Gasteiger partial charge is 0.251 e. The third-order valence-electron chi connectivity index (χ3n) is 4.53. The first-order chi connectivity index (χ1) is 11.5. The lowest BCUT2D eigenvalue weighted by molar-refractivity contribution is 0.0963. The van der Waals surface area contributed by atoms with Gasteiger partial charge in [-0.2, -0.15) is 4.99 Å². The van der Waals surface area contributed by atoms with Gasteiger partial charge in [0, 0.05) is 12.6 Å². The van der Waals surface area contributed by atoms with Gasteiger partial charge in [0.15, 0.2) is 0 Å². The Morgan fingerprint density at radius 3 is 2.67 bits per heavy atom. The van der Waals surface area contributed by atoms with Gasteiger partial charge in [0.25, 0.3) is 5.91 Å². The first-order valence-electron chi connectivity index (χ1n) is 7.98. The third-order valence-corrected chi connectivity index (χ3v) is 4.53. The van der Waals surface area contributed by atoms with Crippen LogP contribution >= 0.6 is 0 Å². The van der Waals surface area contributed by atoms with Crippen LogP contribution in [0, 0.1) is 5.82 Å². The number of hydrogen-bond acceptors (Lipinski definition) is 6. The predicted octanol–water partition coefficient (Wildman–Crippen LogP) is 1.30. The number of benzene rings is 1. The predicted molar refractivity (Wildman–Crippen MR) is 91.3 cm³/mol.